The molecule has 4 nitrogen and oxygen atoms in total. The van der Waals surface area contributed by atoms with E-state index in [9.17, 15) is 0 Å². The number of hydrogen-bond donors (Lipinski definition) is 2. The van der Waals surface area contributed by atoms with E-state index < -0.39 is 0 Å². The predicted octanol–water partition coefficient (Wildman–Crippen LogP) is 2.38. The van der Waals surface area contributed by atoms with Gasteiger partial charge in [0.05, 0.1) is 13.2 Å². The van der Waals surface area contributed by atoms with Crippen molar-refractivity contribution in [2.75, 3.05) is 39.4 Å². The lowest BCUT2D eigenvalue weighted by molar-refractivity contribution is 0.0263. The van der Waals surface area contributed by atoms with Crippen LogP contribution in [0.15, 0.2) is 11.6 Å². The Bertz CT molecular complexity index is 438. The maximum atomic E-state index is 6.59. The maximum Gasteiger partial charge on any atom is 0.0594 e. The fourth-order valence-corrected chi connectivity index (χ4v) is 4.66. The molecule has 0 amide bonds. The first-order valence-corrected chi connectivity index (χ1v) is 9.06. The van der Waals surface area contributed by atoms with Gasteiger partial charge in [0.15, 0.2) is 0 Å². The van der Waals surface area contributed by atoms with Gasteiger partial charge < -0.3 is 16.2 Å². The van der Waals surface area contributed by atoms with Crippen LogP contribution in [0, 0.1) is 16.2 Å². The van der Waals surface area contributed by atoms with Gasteiger partial charge >= 0.3 is 0 Å². The Balaban J connectivity index is 2.19. The molecule has 0 aromatic rings. The summed E-state index contributed by atoms with van der Waals surface area (Å²) in [5.74, 6) is 0. The molecule has 2 aliphatic rings. The summed E-state index contributed by atoms with van der Waals surface area (Å²) in [5.41, 5.74) is 14.5. The van der Waals surface area contributed by atoms with Crippen molar-refractivity contribution in [3.63, 3.8) is 0 Å². The summed E-state index contributed by atoms with van der Waals surface area (Å²) in [6.45, 7) is 17.0. The molecule has 2 atom stereocenters. The highest BCUT2D eigenvalue weighted by Gasteiger charge is 2.43. The third-order valence-electron chi connectivity index (χ3n) is 5.47. The molecule has 1 heterocycles. The lowest BCUT2D eigenvalue weighted by Gasteiger charge is -2.48. The summed E-state index contributed by atoms with van der Waals surface area (Å²) in [4.78, 5) is 2.50. The molecule has 0 spiro atoms. The fourth-order valence-electron chi connectivity index (χ4n) is 4.66. The number of nitrogens with two attached hydrogens (primary N) is 2. The first-order valence-electron chi connectivity index (χ1n) is 9.06. The number of morpholine rings is 1. The molecule has 2 fully saturated rings. The van der Waals surface area contributed by atoms with Crippen LogP contribution in [0.2, 0.25) is 0 Å². The molecule has 0 aromatic carbocycles. The average molecular weight is 324 g/mol. The highest BCUT2D eigenvalue weighted by Crippen LogP contribution is 2.49. The van der Waals surface area contributed by atoms with Crippen LogP contribution in [0.5, 0.6) is 0 Å². The van der Waals surface area contributed by atoms with E-state index in [1.165, 1.54) is 5.57 Å². The zero-order chi connectivity index (χ0) is 17.3. The van der Waals surface area contributed by atoms with Crippen molar-refractivity contribution in [3.05, 3.63) is 11.6 Å². The van der Waals surface area contributed by atoms with Crippen molar-refractivity contribution < 1.29 is 4.74 Å². The molecule has 1 aliphatic carbocycles. The molecule has 0 aromatic heterocycles. The Morgan fingerprint density at radius 3 is 2.43 bits per heavy atom. The van der Waals surface area contributed by atoms with E-state index in [1.807, 2.05) is 0 Å². The largest absolute Gasteiger partial charge is 0.379 e. The van der Waals surface area contributed by atoms with Crippen LogP contribution in [0.25, 0.3) is 0 Å². The van der Waals surface area contributed by atoms with Crippen molar-refractivity contribution in [3.8, 4) is 0 Å². The van der Waals surface area contributed by atoms with Crippen LogP contribution in [-0.4, -0.2) is 50.3 Å². The van der Waals surface area contributed by atoms with Crippen molar-refractivity contribution in [1.29, 1.82) is 0 Å². The molecule has 0 radical (unpaired) electrons. The number of hydrogen-bond acceptors (Lipinski definition) is 4. The lowest BCUT2D eigenvalue weighted by Crippen LogP contribution is -2.49. The molecule has 4 N–H and O–H groups in total. The average Bonchev–Trinajstić information content (AvgIpc) is 2.43. The van der Waals surface area contributed by atoms with E-state index in [-0.39, 0.29) is 22.3 Å². The van der Waals surface area contributed by atoms with Gasteiger partial charge in [-0.25, -0.2) is 0 Å². The predicted molar refractivity (Wildman–Crippen MR) is 97.3 cm³/mol. The van der Waals surface area contributed by atoms with Gasteiger partial charge in [0.2, 0.25) is 0 Å². The zero-order valence-electron chi connectivity index (χ0n) is 15.8. The van der Waals surface area contributed by atoms with E-state index in [1.54, 1.807) is 0 Å². The minimum Gasteiger partial charge on any atom is -0.379 e. The monoisotopic (exact) mass is 323 g/mol. The molecule has 1 aliphatic heterocycles. The standard InChI is InChI=1S/C19H37N3O/c1-17(2)11-16(21)15(19(5,12-17)13-20)10-18(3,4)14-22-6-8-23-9-7-22/h10,16H,6-9,11-14,20-21H2,1-5H3. The molecule has 4 heteroatoms. The van der Waals surface area contributed by atoms with Gasteiger partial charge in [0.25, 0.3) is 0 Å². The summed E-state index contributed by atoms with van der Waals surface area (Å²) in [7, 11) is 0. The van der Waals surface area contributed by atoms with Crippen LogP contribution in [0.4, 0.5) is 0 Å². The van der Waals surface area contributed by atoms with Gasteiger partial charge in [-0.2, -0.15) is 0 Å². The fraction of sp³-hybridized carbons (Fsp3) is 0.895. The summed E-state index contributed by atoms with van der Waals surface area (Å²) < 4.78 is 5.46. The van der Waals surface area contributed by atoms with E-state index in [4.69, 9.17) is 16.2 Å². The summed E-state index contributed by atoms with van der Waals surface area (Å²) in [6, 6.07) is 0.122. The SMILES string of the molecule is CC(C)(C=C1C(N)CC(C)(C)CC1(C)CN)CN1CCOCC1. The van der Waals surface area contributed by atoms with Crippen molar-refractivity contribution in [2.45, 2.75) is 53.5 Å². The molecule has 23 heavy (non-hydrogen) atoms. The third kappa shape index (κ3) is 4.79. The van der Waals surface area contributed by atoms with Gasteiger partial charge in [-0.15, -0.1) is 0 Å². The number of ether oxygens (including phenoxy) is 1. The highest BCUT2D eigenvalue weighted by molar-refractivity contribution is 5.27. The molecule has 134 valence electrons. The van der Waals surface area contributed by atoms with Crippen LogP contribution < -0.4 is 11.5 Å². The second-order valence-electron chi connectivity index (χ2n) is 9.39. The summed E-state index contributed by atoms with van der Waals surface area (Å²) in [5, 5.41) is 0. The molecule has 2 rings (SSSR count). The topological polar surface area (TPSA) is 64.5 Å². The highest BCUT2D eigenvalue weighted by atomic mass is 16.5. The van der Waals surface area contributed by atoms with Gasteiger partial charge in [0, 0.05) is 37.6 Å². The van der Waals surface area contributed by atoms with Crippen molar-refractivity contribution in [1.82, 2.24) is 4.90 Å². The number of rotatable bonds is 4. The number of nitrogens with zero attached hydrogens (tertiary/aromatic N) is 1. The molecule has 1 saturated heterocycles. The first kappa shape index (κ1) is 18.9. The van der Waals surface area contributed by atoms with E-state index in [0.717, 1.165) is 45.7 Å². The Morgan fingerprint density at radius 1 is 1.26 bits per heavy atom. The minimum absolute atomic E-state index is 0.0173. The molecule has 0 bridgehead atoms. The second-order valence-corrected chi connectivity index (χ2v) is 9.39. The normalized spacial score (nSPS) is 34.7. The third-order valence-corrected chi connectivity index (χ3v) is 5.47. The summed E-state index contributed by atoms with van der Waals surface area (Å²) in [6.07, 6.45) is 4.60. The van der Waals surface area contributed by atoms with Crippen LogP contribution in [0.1, 0.15) is 47.5 Å². The first-order chi connectivity index (χ1) is 10.6. The van der Waals surface area contributed by atoms with Crippen LogP contribution in [0.3, 0.4) is 0 Å². The maximum absolute atomic E-state index is 6.59. The van der Waals surface area contributed by atoms with Gasteiger partial charge in [-0.05, 0) is 29.2 Å². The van der Waals surface area contributed by atoms with E-state index >= 15 is 0 Å². The zero-order valence-corrected chi connectivity index (χ0v) is 15.8. The summed E-state index contributed by atoms with van der Waals surface area (Å²) >= 11 is 0. The van der Waals surface area contributed by atoms with Gasteiger partial charge in [-0.3, -0.25) is 4.90 Å². The molecule has 1 saturated carbocycles. The lowest BCUT2D eigenvalue weighted by atomic mass is 9.59. The van der Waals surface area contributed by atoms with Crippen molar-refractivity contribution in [2.24, 2.45) is 27.7 Å². The molecular weight excluding hydrogens is 286 g/mol. The van der Waals surface area contributed by atoms with E-state index in [2.05, 4.69) is 45.6 Å². The van der Waals surface area contributed by atoms with Gasteiger partial charge in [-0.1, -0.05) is 40.7 Å². The Labute approximate surface area is 142 Å². The van der Waals surface area contributed by atoms with Crippen LogP contribution >= 0.6 is 0 Å². The van der Waals surface area contributed by atoms with Crippen molar-refractivity contribution >= 4 is 0 Å². The second kappa shape index (κ2) is 6.83. The Kier molecular flexibility index (Phi) is 5.62. The Morgan fingerprint density at radius 2 is 1.87 bits per heavy atom. The Hall–Kier alpha value is -0.420. The van der Waals surface area contributed by atoms with Crippen LogP contribution in [-0.2, 0) is 4.74 Å². The quantitative estimate of drug-likeness (QED) is 0.780. The molecule has 2 unspecified atom stereocenters. The van der Waals surface area contributed by atoms with E-state index in [0.29, 0.717) is 6.54 Å². The smallest absolute Gasteiger partial charge is 0.0594 e. The van der Waals surface area contributed by atoms with Gasteiger partial charge in [0.1, 0.15) is 0 Å². The minimum atomic E-state index is 0.0173. The molecular formula is C19H37N3O.